The van der Waals surface area contributed by atoms with Gasteiger partial charge in [0.15, 0.2) is 0 Å². The van der Waals surface area contributed by atoms with Crippen molar-refractivity contribution in [1.82, 2.24) is 4.57 Å². The number of rotatable bonds is 4. The summed E-state index contributed by atoms with van der Waals surface area (Å²) in [6, 6.07) is 16.3. The molecule has 1 nitrogen and oxygen atoms in total. The van der Waals surface area contributed by atoms with E-state index in [0.717, 1.165) is 10.9 Å². The van der Waals surface area contributed by atoms with Crippen molar-refractivity contribution in [3.63, 3.8) is 0 Å². The second kappa shape index (κ2) is 5.98. The zero-order valence-corrected chi connectivity index (χ0v) is 12.0. The number of halogens is 2. The van der Waals surface area contributed by atoms with Gasteiger partial charge >= 0.3 is 0 Å². The number of hydrogen-bond donors (Lipinski definition) is 0. The molecular formula is C19H15F2N. The third-order valence-electron chi connectivity index (χ3n) is 3.64. The number of hydrogen-bond acceptors (Lipinski definition) is 0. The molecule has 0 saturated heterocycles. The highest BCUT2D eigenvalue weighted by molar-refractivity contribution is 5.97. The van der Waals surface area contributed by atoms with Crippen LogP contribution in [0, 0.1) is 0 Å². The topological polar surface area (TPSA) is 4.93 Å². The van der Waals surface area contributed by atoms with Crippen molar-refractivity contribution in [3.05, 3.63) is 90.7 Å². The molecule has 0 unspecified atom stereocenters. The normalized spacial score (nSPS) is 10.6. The predicted octanol–water partition coefficient (Wildman–Crippen LogP) is 5.48. The molecule has 0 amide bonds. The zero-order chi connectivity index (χ0) is 15.5. The molecule has 0 atom stereocenters. The number of benzene rings is 2. The van der Waals surface area contributed by atoms with Gasteiger partial charge in [-0.1, -0.05) is 54.6 Å². The predicted molar refractivity (Wildman–Crippen MR) is 86.8 cm³/mol. The molecule has 0 radical (unpaired) electrons. The molecule has 0 N–H and O–H groups in total. The van der Waals surface area contributed by atoms with Gasteiger partial charge in [-0.25, -0.2) is 0 Å². The van der Waals surface area contributed by atoms with Crippen molar-refractivity contribution >= 4 is 16.5 Å². The first-order chi connectivity index (χ1) is 10.7. The SMILES string of the molecule is C=CCn1cc(C(=C(F)F)c2ccccc2)c2ccccc21. The Hall–Kier alpha value is -2.68. The van der Waals surface area contributed by atoms with Crippen molar-refractivity contribution in [2.45, 2.75) is 6.54 Å². The van der Waals surface area contributed by atoms with Crippen LogP contribution in [0.4, 0.5) is 8.78 Å². The van der Waals surface area contributed by atoms with Gasteiger partial charge in [-0.05, 0) is 11.6 Å². The summed E-state index contributed by atoms with van der Waals surface area (Å²) in [6.07, 6.45) is 1.86. The zero-order valence-electron chi connectivity index (χ0n) is 12.0. The van der Waals surface area contributed by atoms with E-state index < -0.39 is 6.08 Å². The summed E-state index contributed by atoms with van der Waals surface area (Å²) in [4.78, 5) is 0. The maximum atomic E-state index is 13.6. The second-order valence-electron chi connectivity index (χ2n) is 5.00. The Labute approximate surface area is 127 Å². The van der Waals surface area contributed by atoms with Gasteiger partial charge < -0.3 is 4.57 Å². The first-order valence-electron chi connectivity index (χ1n) is 7.02. The van der Waals surface area contributed by atoms with Crippen molar-refractivity contribution in [1.29, 1.82) is 0 Å². The summed E-state index contributed by atoms with van der Waals surface area (Å²) in [5, 5.41) is 0.816. The van der Waals surface area contributed by atoms with Crippen LogP contribution >= 0.6 is 0 Å². The van der Waals surface area contributed by atoms with E-state index in [0.29, 0.717) is 17.7 Å². The lowest BCUT2D eigenvalue weighted by Crippen LogP contribution is -1.92. The van der Waals surface area contributed by atoms with Gasteiger partial charge in [0, 0.05) is 29.2 Å². The molecule has 22 heavy (non-hydrogen) atoms. The van der Waals surface area contributed by atoms with Gasteiger partial charge in [0.25, 0.3) is 6.08 Å². The highest BCUT2D eigenvalue weighted by atomic mass is 19.3. The molecule has 0 fully saturated rings. The Morgan fingerprint density at radius 1 is 1.00 bits per heavy atom. The van der Waals surface area contributed by atoms with E-state index in [1.165, 1.54) is 0 Å². The molecule has 0 saturated carbocycles. The van der Waals surface area contributed by atoms with Crippen molar-refractivity contribution < 1.29 is 8.78 Å². The van der Waals surface area contributed by atoms with Crippen LogP contribution in [0.25, 0.3) is 16.5 Å². The van der Waals surface area contributed by atoms with E-state index in [1.54, 1.807) is 36.5 Å². The average molecular weight is 295 g/mol. The molecule has 3 aromatic rings. The number of aromatic nitrogens is 1. The van der Waals surface area contributed by atoms with E-state index in [1.807, 2.05) is 34.9 Å². The highest BCUT2D eigenvalue weighted by Gasteiger charge is 2.17. The molecule has 0 spiro atoms. The van der Waals surface area contributed by atoms with Crippen LogP contribution in [0.3, 0.4) is 0 Å². The van der Waals surface area contributed by atoms with E-state index >= 15 is 0 Å². The smallest absolute Gasteiger partial charge is 0.278 e. The molecule has 3 heteroatoms. The Morgan fingerprint density at radius 3 is 2.36 bits per heavy atom. The Kier molecular flexibility index (Phi) is 3.88. The van der Waals surface area contributed by atoms with Crippen molar-refractivity contribution in [3.8, 4) is 0 Å². The van der Waals surface area contributed by atoms with Crippen LogP contribution in [0.2, 0.25) is 0 Å². The number of para-hydroxylation sites is 1. The van der Waals surface area contributed by atoms with Crippen LogP contribution in [0.1, 0.15) is 11.1 Å². The minimum atomic E-state index is -1.67. The summed E-state index contributed by atoms with van der Waals surface area (Å²) < 4.78 is 29.2. The second-order valence-corrected chi connectivity index (χ2v) is 5.00. The van der Waals surface area contributed by atoms with E-state index in [2.05, 4.69) is 6.58 Å². The number of fused-ring (bicyclic) bond motifs is 1. The van der Waals surface area contributed by atoms with Gasteiger partial charge in [0.1, 0.15) is 0 Å². The van der Waals surface area contributed by atoms with Gasteiger partial charge in [0.2, 0.25) is 0 Å². The largest absolute Gasteiger partial charge is 0.343 e. The summed E-state index contributed by atoms with van der Waals surface area (Å²) in [5.41, 5.74) is 1.97. The summed E-state index contributed by atoms with van der Waals surface area (Å²) in [6.45, 7) is 4.31. The Balaban J connectivity index is 2.28. The summed E-state index contributed by atoms with van der Waals surface area (Å²) >= 11 is 0. The third kappa shape index (κ3) is 2.46. The lowest BCUT2D eigenvalue weighted by molar-refractivity contribution is 0.426. The van der Waals surface area contributed by atoms with Gasteiger partial charge in [0.05, 0.1) is 5.57 Å². The summed E-state index contributed by atoms with van der Waals surface area (Å²) in [7, 11) is 0. The molecule has 110 valence electrons. The van der Waals surface area contributed by atoms with Crippen LogP contribution in [-0.2, 0) is 6.54 Å². The monoisotopic (exact) mass is 295 g/mol. The van der Waals surface area contributed by atoms with Crippen molar-refractivity contribution in [2.75, 3.05) is 0 Å². The minimum absolute atomic E-state index is 0.0142. The highest BCUT2D eigenvalue weighted by Crippen LogP contribution is 2.34. The lowest BCUT2D eigenvalue weighted by atomic mass is 9.99. The molecule has 1 aromatic heterocycles. The Bertz CT molecular complexity index is 840. The van der Waals surface area contributed by atoms with Gasteiger partial charge in [-0.2, -0.15) is 8.78 Å². The average Bonchev–Trinajstić information content (AvgIpc) is 2.88. The number of allylic oxidation sites excluding steroid dienone is 1. The molecule has 0 aliphatic heterocycles. The molecule has 0 aliphatic rings. The first-order valence-corrected chi connectivity index (χ1v) is 7.02. The van der Waals surface area contributed by atoms with E-state index in [4.69, 9.17) is 0 Å². The van der Waals surface area contributed by atoms with Crippen LogP contribution in [0.5, 0.6) is 0 Å². The van der Waals surface area contributed by atoms with Crippen LogP contribution in [-0.4, -0.2) is 4.57 Å². The fourth-order valence-electron chi connectivity index (χ4n) is 2.71. The Morgan fingerprint density at radius 2 is 1.68 bits per heavy atom. The van der Waals surface area contributed by atoms with Crippen LogP contribution in [0.15, 0.2) is 79.5 Å². The van der Waals surface area contributed by atoms with E-state index in [-0.39, 0.29) is 5.57 Å². The molecule has 0 bridgehead atoms. The van der Waals surface area contributed by atoms with Gasteiger partial charge in [-0.15, -0.1) is 6.58 Å². The quantitative estimate of drug-likeness (QED) is 0.561. The molecule has 2 aromatic carbocycles. The molecular weight excluding hydrogens is 280 g/mol. The fraction of sp³-hybridized carbons (Fsp3) is 0.0526. The first kappa shape index (κ1) is 14.3. The van der Waals surface area contributed by atoms with E-state index in [9.17, 15) is 8.78 Å². The molecule has 1 heterocycles. The third-order valence-corrected chi connectivity index (χ3v) is 3.64. The fourth-order valence-corrected chi connectivity index (χ4v) is 2.71. The van der Waals surface area contributed by atoms with Gasteiger partial charge in [-0.3, -0.25) is 0 Å². The molecule has 0 aliphatic carbocycles. The minimum Gasteiger partial charge on any atom is -0.343 e. The van der Waals surface area contributed by atoms with Crippen molar-refractivity contribution in [2.24, 2.45) is 0 Å². The number of nitrogens with zero attached hydrogens (tertiary/aromatic N) is 1. The van der Waals surface area contributed by atoms with Crippen LogP contribution < -0.4 is 0 Å². The standard InChI is InChI=1S/C19H15F2N/c1-2-12-22-13-16(15-10-6-7-11-17(15)22)18(19(20)21)14-8-4-3-5-9-14/h2-11,13H,1,12H2. The maximum absolute atomic E-state index is 13.6. The lowest BCUT2D eigenvalue weighted by Gasteiger charge is -2.05. The molecule has 3 rings (SSSR count). The maximum Gasteiger partial charge on any atom is 0.278 e. The summed E-state index contributed by atoms with van der Waals surface area (Å²) in [5.74, 6) is 0.